The normalized spacial score (nSPS) is 12.9. The van der Waals surface area contributed by atoms with Crippen LogP contribution >= 0.6 is 0 Å². The van der Waals surface area contributed by atoms with E-state index in [9.17, 15) is 0 Å². The van der Waals surface area contributed by atoms with Gasteiger partial charge in [0.25, 0.3) is 0 Å². The van der Waals surface area contributed by atoms with Crippen LogP contribution in [0.15, 0.2) is 219 Å². The van der Waals surface area contributed by atoms with Crippen LogP contribution in [-0.2, 0) is 0 Å². The van der Waals surface area contributed by atoms with E-state index in [0.717, 1.165) is 51.2 Å². The molecule has 10 aromatic rings. The first-order valence-electron chi connectivity index (χ1n) is 19.6. The molecule has 4 heterocycles. The third-order valence-corrected chi connectivity index (χ3v) is 16.2. The fourth-order valence-electron chi connectivity index (χ4n) is 8.98. The quantitative estimate of drug-likeness (QED) is 0.152. The van der Waals surface area contributed by atoms with Crippen molar-refractivity contribution in [3.8, 4) is 28.4 Å². The Morgan fingerprint density at radius 3 is 1.81 bits per heavy atom. The summed E-state index contributed by atoms with van der Waals surface area (Å²) in [6, 6.07) is 73.6. The Hall–Kier alpha value is -7.54. The van der Waals surface area contributed by atoms with E-state index < -0.39 is 8.07 Å². The van der Waals surface area contributed by atoms with E-state index in [1.54, 1.807) is 0 Å². The molecule has 3 aromatic heterocycles. The minimum absolute atomic E-state index is 0.741. The summed E-state index contributed by atoms with van der Waals surface area (Å²) in [4.78, 5) is 12.0. The minimum Gasteiger partial charge on any atom is -0.457 e. The van der Waals surface area contributed by atoms with Gasteiger partial charge >= 0.3 is 0 Å². The van der Waals surface area contributed by atoms with Crippen LogP contribution in [0.5, 0.6) is 11.5 Å². The number of nitrogens with zero attached hydrogens (tertiary/aromatic N) is 4. The summed E-state index contributed by atoms with van der Waals surface area (Å²) >= 11 is 0. The Morgan fingerprint density at radius 2 is 1.09 bits per heavy atom. The molecule has 6 heteroatoms. The Labute approximate surface area is 337 Å². The monoisotopic (exact) mass is 760 g/mol. The molecule has 0 bridgehead atoms. The third-order valence-electron chi connectivity index (χ3n) is 11.4. The van der Waals surface area contributed by atoms with Gasteiger partial charge < -0.3 is 9.30 Å². The molecule has 274 valence electrons. The Morgan fingerprint density at radius 1 is 0.431 bits per heavy atom. The highest BCUT2D eigenvalue weighted by Crippen LogP contribution is 2.43. The van der Waals surface area contributed by atoms with Crippen molar-refractivity contribution in [2.24, 2.45) is 0 Å². The highest BCUT2D eigenvalue weighted by atomic mass is 28.3. The molecule has 1 aliphatic rings. The van der Waals surface area contributed by atoms with Gasteiger partial charge in [0.1, 0.15) is 17.3 Å². The lowest BCUT2D eigenvalue weighted by molar-refractivity contribution is 0.483. The van der Waals surface area contributed by atoms with Crippen molar-refractivity contribution in [2.45, 2.75) is 0 Å². The number of pyridine rings is 2. The van der Waals surface area contributed by atoms with Crippen molar-refractivity contribution in [3.05, 3.63) is 219 Å². The Balaban J connectivity index is 1.23. The van der Waals surface area contributed by atoms with E-state index in [1.165, 1.54) is 37.0 Å². The SMILES string of the molecule is c1ccc(-n2c3ccccc3c3cc4c(cc32)N(c2ccccn2)c2cc(Oc3cccc(-c5ccccn5)c3)ccc2[Si]4(c2ccccc2)c2ccccc2)cc1. The number of aromatic nitrogens is 3. The average molecular weight is 761 g/mol. The van der Waals surface area contributed by atoms with Crippen LogP contribution < -0.4 is 30.4 Å². The topological polar surface area (TPSA) is 43.2 Å². The molecule has 11 rings (SSSR count). The van der Waals surface area contributed by atoms with Gasteiger partial charge in [-0.05, 0) is 93.5 Å². The fourth-order valence-corrected chi connectivity index (χ4v) is 14.1. The van der Waals surface area contributed by atoms with E-state index in [2.05, 4.69) is 184 Å². The summed E-state index contributed by atoms with van der Waals surface area (Å²) in [7, 11) is -3.04. The number of rotatable bonds is 7. The van der Waals surface area contributed by atoms with Crippen molar-refractivity contribution in [1.82, 2.24) is 14.5 Å². The zero-order chi connectivity index (χ0) is 38.5. The maximum Gasteiger partial charge on any atom is 0.184 e. The fraction of sp³-hybridized carbons (Fsp3) is 0. The van der Waals surface area contributed by atoms with Gasteiger partial charge in [-0.1, -0.05) is 127 Å². The van der Waals surface area contributed by atoms with Crippen LogP contribution in [0.1, 0.15) is 0 Å². The second-order valence-electron chi connectivity index (χ2n) is 14.6. The number of hydrogen-bond acceptors (Lipinski definition) is 4. The summed E-state index contributed by atoms with van der Waals surface area (Å²) in [5.41, 5.74) is 7.47. The maximum absolute atomic E-state index is 6.78. The van der Waals surface area contributed by atoms with E-state index >= 15 is 0 Å². The standard InChI is InChI=1S/C52H36N4OSi/c1-4-18-38(19-5-1)55-46-27-11-10-25-43(46)44-35-51-49(36-47(44)55)56(52-28-13-15-32-54-52)48-34-40(57-39-20-16-17-37(33-39)45-26-12-14-31-53-45)29-30-50(48)58(51,41-21-6-2-7-22-41)42-23-8-3-9-24-42/h1-36H. The van der Waals surface area contributed by atoms with Crippen molar-refractivity contribution in [1.29, 1.82) is 0 Å². The lowest BCUT2D eigenvalue weighted by atomic mass is 10.1. The molecule has 0 amide bonds. The van der Waals surface area contributed by atoms with Crippen LogP contribution in [0, 0.1) is 0 Å². The molecule has 0 saturated heterocycles. The molecule has 0 N–H and O–H groups in total. The second kappa shape index (κ2) is 13.9. The number of ether oxygens (including phenoxy) is 1. The molecule has 5 nitrogen and oxygen atoms in total. The molecule has 0 fully saturated rings. The number of hydrogen-bond donors (Lipinski definition) is 0. The maximum atomic E-state index is 6.78. The minimum atomic E-state index is -3.04. The Bertz CT molecular complexity index is 3040. The molecule has 1 aliphatic heterocycles. The number of para-hydroxylation sites is 2. The summed E-state index contributed by atoms with van der Waals surface area (Å²) in [5, 5.41) is 7.64. The van der Waals surface area contributed by atoms with Crippen LogP contribution in [0.4, 0.5) is 17.2 Å². The molecule has 0 spiro atoms. The predicted molar refractivity (Wildman–Crippen MR) is 240 cm³/mol. The van der Waals surface area contributed by atoms with Gasteiger partial charge in [-0.3, -0.25) is 9.88 Å². The van der Waals surface area contributed by atoms with Crippen LogP contribution in [0.25, 0.3) is 38.8 Å². The van der Waals surface area contributed by atoms with Gasteiger partial charge in [-0.25, -0.2) is 4.98 Å². The molecule has 0 atom stereocenters. The van der Waals surface area contributed by atoms with Crippen LogP contribution in [-0.4, -0.2) is 22.6 Å². The summed E-state index contributed by atoms with van der Waals surface area (Å²) in [5.74, 6) is 2.32. The Kier molecular flexibility index (Phi) is 8.08. The number of benzene rings is 7. The molecule has 0 saturated carbocycles. The molecule has 58 heavy (non-hydrogen) atoms. The number of fused-ring (bicyclic) bond motifs is 5. The molecular weight excluding hydrogens is 725 g/mol. The van der Waals surface area contributed by atoms with Gasteiger partial charge in [0.2, 0.25) is 0 Å². The molecule has 7 aromatic carbocycles. The predicted octanol–water partition coefficient (Wildman–Crippen LogP) is 10.2. The lowest BCUT2D eigenvalue weighted by Crippen LogP contribution is -2.77. The molecule has 0 radical (unpaired) electrons. The van der Waals surface area contributed by atoms with Gasteiger partial charge in [0.05, 0.1) is 28.1 Å². The third kappa shape index (κ3) is 5.38. The first kappa shape index (κ1) is 33.8. The zero-order valence-corrected chi connectivity index (χ0v) is 32.5. The number of anilines is 3. The second-order valence-corrected chi connectivity index (χ2v) is 18.3. The van der Waals surface area contributed by atoms with E-state index in [0.29, 0.717) is 0 Å². The van der Waals surface area contributed by atoms with Gasteiger partial charge in [-0.15, -0.1) is 0 Å². The van der Waals surface area contributed by atoms with Gasteiger partial charge in [-0.2, -0.15) is 0 Å². The van der Waals surface area contributed by atoms with Crippen LogP contribution in [0.3, 0.4) is 0 Å². The van der Waals surface area contributed by atoms with Gasteiger partial charge in [0, 0.05) is 40.5 Å². The zero-order valence-electron chi connectivity index (χ0n) is 31.5. The highest BCUT2D eigenvalue weighted by molar-refractivity contribution is 7.21. The smallest absolute Gasteiger partial charge is 0.184 e. The summed E-state index contributed by atoms with van der Waals surface area (Å²) < 4.78 is 9.18. The summed E-state index contributed by atoms with van der Waals surface area (Å²) in [6.45, 7) is 0. The molecule has 0 aliphatic carbocycles. The van der Waals surface area contributed by atoms with E-state index in [-0.39, 0.29) is 0 Å². The van der Waals surface area contributed by atoms with Crippen molar-refractivity contribution in [2.75, 3.05) is 4.90 Å². The van der Waals surface area contributed by atoms with Crippen molar-refractivity contribution >= 4 is 67.8 Å². The van der Waals surface area contributed by atoms with E-state index in [4.69, 9.17) is 9.72 Å². The van der Waals surface area contributed by atoms with Crippen molar-refractivity contribution < 1.29 is 4.74 Å². The largest absolute Gasteiger partial charge is 0.457 e. The van der Waals surface area contributed by atoms with Crippen molar-refractivity contribution in [3.63, 3.8) is 0 Å². The first-order valence-corrected chi connectivity index (χ1v) is 21.6. The first-order chi connectivity index (χ1) is 28.8. The molecule has 0 unspecified atom stereocenters. The summed E-state index contributed by atoms with van der Waals surface area (Å²) in [6.07, 6.45) is 3.70. The average Bonchev–Trinajstić information content (AvgIpc) is 3.62. The highest BCUT2D eigenvalue weighted by Gasteiger charge is 2.49. The van der Waals surface area contributed by atoms with Gasteiger partial charge in [0.15, 0.2) is 8.07 Å². The van der Waals surface area contributed by atoms with E-state index in [1.807, 2.05) is 48.8 Å². The lowest BCUT2D eigenvalue weighted by Gasteiger charge is -2.44. The molecular formula is C52H36N4OSi. The van der Waals surface area contributed by atoms with Crippen LogP contribution in [0.2, 0.25) is 0 Å².